The summed E-state index contributed by atoms with van der Waals surface area (Å²) in [4.78, 5) is 30.1. The van der Waals surface area contributed by atoms with Gasteiger partial charge in [0.25, 0.3) is 5.91 Å². The van der Waals surface area contributed by atoms with E-state index in [1.807, 2.05) is 37.3 Å². The number of para-hydroxylation sites is 1. The van der Waals surface area contributed by atoms with Crippen LogP contribution in [0.3, 0.4) is 0 Å². The van der Waals surface area contributed by atoms with E-state index >= 15 is 4.39 Å². The number of hydrogen-bond acceptors (Lipinski definition) is 7. The lowest BCUT2D eigenvalue weighted by atomic mass is 9.90. The number of piperidine rings is 2. The van der Waals surface area contributed by atoms with E-state index in [-0.39, 0.29) is 30.7 Å². The molecule has 0 spiro atoms. The zero-order valence-electron chi connectivity index (χ0n) is 22.7. The minimum Gasteiger partial charge on any atom is -0.425 e. The van der Waals surface area contributed by atoms with Gasteiger partial charge in [0.1, 0.15) is 5.75 Å². The van der Waals surface area contributed by atoms with Gasteiger partial charge in [0, 0.05) is 69.6 Å². The third kappa shape index (κ3) is 5.36. The van der Waals surface area contributed by atoms with Gasteiger partial charge in [0.05, 0.1) is 11.0 Å². The molecule has 10 heteroatoms. The van der Waals surface area contributed by atoms with Gasteiger partial charge >= 0.3 is 6.01 Å². The van der Waals surface area contributed by atoms with Crippen LogP contribution in [0.5, 0.6) is 11.8 Å². The Morgan fingerprint density at radius 1 is 1.05 bits per heavy atom. The molecule has 0 unspecified atom stereocenters. The fourth-order valence-electron chi connectivity index (χ4n) is 5.80. The van der Waals surface area contributed by atoms with Crippen LogP contribution in [0, 0.1) is 6.92 Å². The van der Waals surface area contributed by atoms with Crippen LogP contribution in [0.15, 0.2) is 60.9 Å². The van der Waals surface area contributed by atoms with Crippen molar-refractivity contribution < 1.29 is 13.9 Å². The Hall–Kier alpha value is -4.05. The van der Waals surface area contributed by atoms with E-state index in [9.17, 15) is 4.79 Å². The molecule has 9 nitrogen and oxygen atoms in total. The van der Waals surface area contributed by atoms with Gasteiger partial charge in [-0.2, -0.15) is 4.98 Å². The average Bonchev–Trinajstić information content (AvgIpc) is 3.32. The van der Waals surface area contributed by atoms with Crippen molar-refractivity contribution in [1.29, 1.82) is 0 Å². The molecule has 208 valence electrons. The number of carbonyl (C=O) groups is 1. The summed E-state index contributed by atoms with van der Waals surface area (Å²) in [5.41, 5.74) is 7.67. The van der Waals surface area contributed by atoms with Gasteiger partial charge in [-0.05, 0) is 49.6 Å². The first-order valence-electron chi connectivity index (χ1n) is 13.9. The number of carbonyl (C=O) groups excluding carboxylic acids is 1. The minimum atomic E-state index is -1.83. The first-order valence-corrected chi connectivity index (χ1v) is 13.9. The first-order chi connectivity index (χ1) is 19.4. The number of rotatable bonds is 6. The Labute approximate surface area is 232 Å². The molecule has 0 aliphatic carbocycles. The fraction of sp³-hybridized carbons (Fsp3) is 0.400. The predicted octanol–water partition coefficient (Wildman–Crippen LogP) is 4.68. The van der Waals surface area contributed by atoms with Crippen molar-refractivity contribution in [2.45, 2.75) is 50.9 Å². The number of fused-ring (bicyclic) bond motifs is 1. The highest BCUT2D eigenvalue weighted by Gasteiger charge is 2.45. The van der Waals surface area contributed by atoms with Gasteiger partial charge < -0.3 is 15.4 Å². The van der Waals surface area contributed by atoms with Gasteiger partial charge in [-0.15, -0.1) is 0 Å². The molecule has 2 aliphatic rings. The summed E-state index contributed by atoms with van der Waals surface area (Å²) in [7, 11) is 0. The van der Waals surface area contributed by atoms with Gasteiger partial charge in [-0.25, -0.2) is 14.4 Å². The van der Waals surface area contributed by atoms with E-state index in [2.05, 4.69) is 37.6 Å². The molecule has 2 aromatic carbocycles. The van der Waals surface area contributed by atoms with Gasteiger partial charge in [-0.1, -0.05) is 24.3 Å². The van der Waals surface area contributed by atoms with Crippen molar-refractivity contribution in [2.75, 3.05) is 31.9 Å². The van der Waals surface area contributed by atoms with Crippen molar-refractivity contribution in [1.82, 2.24) is 29.3 Å². The molecule has 0 radical (unpaired) electrons. The maximum absolute atomic E-state index is 15.9. The van der Waals surface area contributed by atoms with Gasteiger partial charge in [-0.3, -0.25) is 14.3 Å². The Kier molecular flexibility index (Phi) is 7.10. The number of anilines is 1. The SMILES string of the molecule is Cc1ccc2c(c1)nc(Oc1ccccc1)n2C1CCN(C(=O)C2(F)CCN(Cc3cnc(N)nc3)CC2)CC1. The van der Waals surface area contributed by atoms with Gasteiger partial charge in [0.2, 0.25) is 5.95 Å². The summed E-state index contributed by atoms with van der Waals surface area (Å²) < 4.78 is 24.3. The Bertz CT molecular complexity index is 1480. The normalized spacial score (nSPS) is 18.2. The largest absolute Gasteiger partial charge is 0.425 e. The molecule has 2 aromatic heterocycles. The molecule has 40 heavy (non-hydrogen) atoms. The molecular weight excluding hydrogens is 509 g/mol. The smallest absolute Gasteiger partial charge is 0.303 e. The van der Waals surface area contributed by atoms with E-state index in [1.54, 1.807) is 17.3 Å². The summed E-state index contributed by atoms with van der Waals surface area (Å²) >= 11 is 0. The van der Waals surface area contributed by atoms with Crippen LogP contribution in [-0.4, -0.2) is 67.1 Å². The number of nitrogens with two attached hydrogens (primary N) is 1. The van der Waals surface area contributed by atoms with Crippen LogP contribution in [0.2, 0.25) is 0 Å². The third-order valence-electron chi connectivity index (χ3n) is 8.05. The number of nitrogens with zero attached hydrogens (tertiary/aromatic N) is 6. The second-order valence-corrected chi connectivity index (χ2v) is 10.9. The lowest BCUT2D eigenvalue weighted by Gasteiger charge is -2.40. The van der Waals surface area contributed by atoms with Crippen LogP contribution in [0.25, 0.3) is 11.0 Å². The minimum absolute atomic E-state index is 0.0926. The third-order valence-corrected chi connectivity index (χ3v) is 8.05. The lowest BCUT2D eigenvalue weighted by molar-refractivity contribution is -0.148. The second-order valence-electron chi connectivity index (χ2n) is 10.9. The fourth-order valence-corrected chi connectivity index (χ4v) is 5.80. The van der Waals surface area contributed by atoms with Crippen molar-refractivity contribution in [2.24, 2.45) is 0 Å². The Morgan fingerprint density at radius 2 is 1.75 bits per heavy atom. The van der Waals surface area contributed by atoms with Crippen molar-refractivity contribution in [3.63, 3.8) is 0 Å². The lowest BCUT2D eigenvalue weighted by Crippen LogP contribution is -2.53. The molecule has 0 atom stereocenters. The number of halogens is 1. The number of nitrogen functional groups attached to an aromatic ring is 1. The highest BCUT2D eigenvalue weighted by Crippen LogP contribution is 2.36. The summed E-state index contributed by atoms with van der Waals surface area (Å²) in [5, 5.41) is 0. The van der Waals surface area contributed by atoms with Gasteiger partial charge in [0.15, 0.2) is 5.67 Å². The van der Waals surface area contributed by atoms with Crippen LogP contribution in [-0.2, 0) is 11.3 Å². The molecule has 2 saturated heterocycles. The molecule has 6 rings (SSSR count). The molecule has 1 amide bonds. The summed E-state index contributed by atoms with van der Waals surface area (Å²) in [5.74, 6) is 0.571. The number of amides is 1. The standard InChI is InChI=1S/C30H34FN7O2/c1-21-7-8-26-25(17-21)35-29(40-24-5-3-2-4-6-24)38(26)23-9-13-37(14-10-23)27(39)30(31)11-15-36(16-12-30)20-22-18-33-28(32)34-19-22/h2-8,17-19,23H,9-16,20H2,1H3,(H2,32,33,34). The number of aryl methyl sites for hydroxylation is 1. The summed E-state index contributed by atoms with van der Waals surface area (Å²) in [6.45, 7) is 4.66. The molecule has 2 aliphatic heterocycles. The monoisotopic (exact) mass is 543 g/mol. The Balaban J connectivity index is 1.11. The molecular formula is C30H34FN7O2. The number of aromatic nitrogens is 4. The van der Waals surface area contributed by atoms with Crippen LogP contribution >= 0.6 is 0 Å². The summed E-state index contributed by atoms with van der Waals surface area (Å²) in [6, 6.07) is 16.5. The summed E-state index contributed by atoms with van der Waals surface area (Å²) in [6.07, 6.45) is 5.15. The van der Waals surface area contributed by atoms with E-state index in [0.29, 0.717) is 51.6 Å². The first kappa shape index (κ1) is 26.2. The molecule has 4 heterocycles. The van der Waals surface area contributed by atoms with Crippen molar-refractivity contribution >= 4 is 22.9 Å². The number of benzene rings is 2. The topological polar surface area (TPSA) is 102 Å². The van der Waals surface area contributed by atoms with E-state index < -0.39 is 5.67 Å². The highest BCUT2D eigenvalue weighted by molar-refractivity contribution is 5.85. The number of imidazole rings is 1. The number of alkyl halides is 1. The quantitative estimate of drug-likeness (QED) is 0.377. The molecule has 0 bridgehead atoms. The molecule has 2 N–H and O–H groups in total. The average molecular weight is 544 g/mol. The maximum atomic E-state index is 15.9. The number of ether oxygens (including phenoxy) is 1. The van der Waals surface area contributed by atoms with E-state index in [4.69, 9.17) is 15.5 Å². The van der Waals surface area contributed by atoms with Crippen LogP contribution in [0.4, 0.5) is 10.3 Å². The molecule has 4 aromatic rings. The van der Waals surface area contributed by atoms with Crippen LogP contribution < -0.4 is 10.5 Å². The maximum Gasteiger partial charge on any atom is 0.303 e. The molecule has 0 saturated carbocycles. The number of likely N-dealkylation sites (tertiary alicyclic amines) is 2. The van der Waals surface area contributed by atoms with Crippen molar-refractivity contribution in [3.05, 3.63) is 72.1 Å². The second kappa shape index (κ2) is 10.8. The zero-order valence-corrected chi connectivity index (χ0v) is 22.7. The van der Waals surface area contributed by atoms with E-state index in [0.717, 1.165) is 27.9 Å². The zero-order chi connectivity index (χ0) is 27.7. The van der Waals surface area contributed by atoms with E-state index in [1.165, 1.54) is 0 Å². The molecule has 2 fully saturated rings. The van der Waals surface area contributed by atoms with Crippen molar-refractivity contribution in [3.8, 4) is 11.8 Å². The Morgan fingerprint density at radius 3 is 2.45 bits per heavy atom. The highest BCUT2D eigenvalue weighted by atomic mass is 19.1. The van der Waals surface area contributed by atoms with Crippen LogP contribution in [0.1, 0.15) is 42.9 Å². The predicted molar refractivity (Wildman–Crippen MR) is 151 cm³/mol. The number of hydrogen-bond donors (Lipinski definition) is 1.